The van der Waals surface area contributed by atoms with Crippen molar-refractivity contribution in [2.24, 2.45) is 0 Å². The molecular weight excluding hydrogens is 407 g/mol. The molecule has 0 saturated heterocycles. The fourth-order valence-corrected chi connectivity index (χ4v) is 2.19. The van der Waals surface area contributed by atoms with Crippen molar-refractivity contribution >= 4 is 0 Å². The first-order valence-corrected chi connectivity index (χ1v) is 8.84. The van der Waals surface area contributed by atoms with Gasteiger partial charge in [0.1, 0.15) is 0 Å². The molecule has 9 nitrogen and oxygen atoms in total. The minimum absolute atomic E-state index is 0.182. The van der Waals surface area contributed by atoms with Gasteiger partial charge in [0.2, 0.25) is 10.9 Å². The molecule has 0 unspecified atom stereocenters. The Labute approximate surface area is 172 Å². The van der Waals surface area contributed by atoms with Crippen LogP contribution >= 0.6 is 0 Å². The first kappa shape index (κ1) is 25.8. The van der Waals surface area contributed by atoms with Crippen molar-refractivity contribution in [1.29, 1.82) is 0 Å². The third kappa shape index (κ3) is 7.81. The molecular formula is C18H26N2O7V. The predicted molar refractivity (Wildman–Crippen MR) is 98.6 cm³/mol. The van der Waals surface area contributed by atoms with E-state index in [0.29, 0.717) is 37.7 Å². The Morgan fingerprint density at radius 1 is 0.821 bits per heavy atom. The second-order valence-corrected chi connectivity index (χ2v) is 5.60. The summed E-state index contributed by atoms with van der Waals surface area (Å²) in [6.45, 7) is 5.79. The maximum absolute atomic E-state index is 11.0. The molecule has 155 valence electrons. The molecule has 28 heavy (non-hydrogen) atoms. The SMILES string of the molecule is COCCn1ccc(=O)c(O)c1C.COCCn1ccc(=O)c(O)c1C.[O]=[V]. The molecule has 2 aromatic heterocycles. The van der Waals surface area contributed by atoms with E-state index in [1.165, 1.54) is 12.1 Å². The van der Waals surface area contributed by atoms with Crippen molar-refractivity contribution in [2.45, 2.75) is 26.9 Å². The van der Waals surface area contributed by atoms with E-state index >= 15 is 0 Å². The standard InChI is InChI=1S/2C9H13NO3.O.V/c2*1-7-9(12)8(11)3-4-10(7)5-6-13-2;;/h2*3-4,12H,5-6H2,1-2H3;;. The second kappa shape index (κ2) is 13.9. The average Bonchev–Trinajstić information content (AvgIpc) is 2.71. The fraction of sp³-hybridized carbons (Fsp3) is 0.444. The molecule has 0 spiro atoms. The Morgan fingerprint density at radius 2 is 1.14 bits per heavy atom. The molecule has 0 aromatic carbocycles. The number of pyridine rings is 2. The average molecular weight is 433 g/mol. The fourth-order valence-electron chi connectivity index (χ4n) is 2.19. The molecule has 0 fully saturated rings. The van der Waals surface area contributed by atoms with E-state index < -0.39 is 0 Å². The third-order valence-corrected chi connectivity index (χ3v) is 3.90. The normalized spacial score (nSPS) is 9.68. The molecule has 0 saturated carbocycles. The summed E-state index contributed by atoms with van der Waals surface area (Å²) in [4.78, 5) is 21.9. The van der Waals surface area contributed by atoms with Crippen LogP contribution in [0.15, 0.2) is 34.1 Å². The molecule has 0 aliphatic rings. The molecule has 0 atom stereocenters. The summed E-state index contributed by atoms with van der Waals surface area (Å²) >= 11 is 1.06. The van der Waals surface area contributed by atoms with Gasteiger partial charge >= 0.3 is 21.0 Å². The van der Waals surface area contributed by atoms with Crippen LogP contribution in [-0.2, 0) is 43.6 Å². The Morgan fingerprint density at radius 3 is 1.43 bits per heavy atom. The minimum atomic E-state index is -0.342. The van der Waals surface area contributed by atoms with Crippen molar-refractivity contribution in [3.63, 3.8) is 0 Å². The molecule has 2 heterocycles. The van der Waals surface area contributed by atoms with Crippen molar-refractivity contribution in [3.05, 3.63) is 56.4 Å². The van der Waals surface area contributed by atoms with E-state index in [1.807, 2.05) is 0 Å². The van der Waals surface area contributed by atoms with Crippen LogP contribution < -0.4 is 10.9 Å². The molecule has 0 radical (unpaired) electrons. The van der Waals surface area contributed by atoms with E-state index in [-0.39, 0.29) is 22.4 Å². The number of methoxy groups -OCH3 is 2. The van der Waals surface area contributed by atoms with Crippen LogP contribution in [0, 0.1) is 13.8 Å². The van der Waals surface area contributed by atoms with E-state index in [1.54, 1.807) is 49.6 Å². The van der Waals surface area contributed by atoms with Crippen molar-refractivity contribution in [2.75, 3.05) is 27.4 Å². The molecule has 0 bridgehead atoms. The number of hydrogen-bond donors (Lipinski definition) is 2. The van der Waals surface area contributed by atoms with Gasteiger partial charge in [-0.15, -0.1) is 0 Å². The Hall–Kier alpha value is -2.20. The molecule has 0 aliphatic carbocycles. The molecule has 10 heteroatoms. The summed E-state index contributed by atoms with van der Waals surface area (Å²) in [5, 5.41) is 18.6. The van der Waals surface area contributed by atoms with E-state index in [9.17, 15) is 19.8 Å². The summed E-state index contributed by atoms with van der Waals surface area (Å²) in [7, 11) is 3.22. The van der Waals surface area contributed by atoms with Crippen LogP contribution in [0.2, 0.25) is 0 Å². The van der Waals surface area contributed by atoms with Gasteiger partial charge in [0, 0.05) is 51.8 Å². The van der Waals surface area contributed by atoms with Gasteiger partial charge in [0.05, 0.1) is 24.6 Å². The number of aromatic hydroxyl groups is 2. The van der Waals surface area contributed by atoms with Crippen LogP contribution in [0.1, 0.15) is 11.4 Å². The third-order valence-electron chi connectivity index (χ3n) is 3.90. The summed E-state index contributed by atoms with van der Waals surface area (Å²) in [5.74, 6) is -0.364. The number of ether oxygens (including phenoxy) is 2. The Balaban J connectivity index is 0.000000478. The summed E-state index contributed by atoms with van der Waals surface area (Å²) in [5.41, 5.74) is 0.464. The van der Waals surface area contributed by atoms with Gasteiger partial charge in [0.15, 0.2) is 11.5 Å². The zero-order chi connectivity index (χ0) is 21.7. The van der Waals surface area contributed by atoms with E-state index in [0.717, 1.165) is 17.4 Å². The van der Waals surface area contributed by atoms with Crippen LogP contribution in [0.4, 0.5) is 0 Å². The zero-order valence-electron chi connectivity index (χ0n) is 16.4. The number of aromatic nitrogens is 2. The maximum atomic E-state index is 11.0. The number of rotatable bonds is 6. The van der Waals surface area contributed by atoms with Gasteiger partial charge in [-0.25, -0.2) is 0 Å². The number of hydrogen-bond acceptors (Lipinski definition) is 7. The van der Waals surface area contributed by atoms with Gasteiger partial charge in [-0.05, 0) is 13.8 Å². The number of nitrogens with zero attached hydrogens (tertiary/aromatic N) is 2. The Bertz CT molecular complexity index is 779. The van der Waals surface area contributed by atoms with Crippen LogP contribution in [0.3, 0.4) is 0 Å². The first-order chi connectivity index (χ1) is 13.3. The Kier molecular flexibility index (Phi) is 12.8. The summed E-state index contributed by atoms with van der Waals surface area (Å²) in [6, 6.07) is 2.69. The van der Waals surface area contributed by atoms with Gasteiger partial charge in [-0.1, -0.05) is 0 Å². The van der Waals surface area contributed by atoms with Gasteiger partial charge < -0.3 is 28.8 Å². The van der Waals surface area contributed by atoms with Gasteiger partial charge in [0.25, 0.3) is 0 Å². The first-order valence-electron chi connectivity index (χ1n) is 8.27. The molecule has 0 aliphatic heterocycles. The molecule has 2 rings (SSSR count). The zero-order valence-corrected chi connectivity index (χ0v) is 17.8. The summed E-state index contributed by atoms with van der Waals surface area (Å²) in [6.07, 6.45) is 3.30. The molecule has 2 aromatic rings. The second-order valence-electron chi connectivity index (χ2n) is 5.60. The predicted octanol–water partition coefficient (Wildman–Crippen LogP) is 0.896. The van der Waals surface area contributed by atoms with Gasteiger partial charge in [-0.2, -0.15) is 0 Å². The van der Waals surface area contributed by atoms with Crippen molar-refractivity contribution in [3.8, 4) is 11.5 Å². The van der Waals surface area contributed by atoms with E-state index in [2.05, 4.69) is 0 Å². The van der Waals surface area contributed by atoms with Gasteiger partial charge in [-0.3, -0.25) is 9.59 Å². The van der Waals surface area contributed by atoms with E-state index in [4.69, 9.17) is 13.1 Å². The van der Waals surface area contributed by atoms with Crippen LogP contribution in [0.25, 0.3) is 0 Å². The van der Waals surface area contributed by atoms with Crippen molar-refractivity contribution < 1.29 is 40.7 Å². The molecule has 2 N–H and O–H groups in total. The molecule has 0 amide bonds. The van der Waals surface area contributed by atoms with Crippen LogP contribution in [-0.4, -0.2) is 46.8 Å². The van der Waals surface area contributed by atoms with Crippen molar-refractivity contribution in [1.82, 2.24) is 9.13 Å². The summed E-state index contributed by atoms with van der Waals surface area (Å²) < 4.78 is 21.5. The monoisotopic (exact) mass is 433 g/mol. The quantitative estimate of drug-likeness (QED) is 0.695. The topological polar surface area (TPSA) is 120 Å². The van der Waals surface area contributed by atoms with Crippen LogP contribution in [0.5, 0.6) is 11.5 Å².